The summed E-state index contributed by atoms with van der Waals surface area (Å²) >= 11 is 1.91. The molecule has 2 aromatic heterocycles. The molecule has 3 atom stereocenters. The highest BCUT2D eigenvalue weighted by atomic mass is 32.2. The summed E-state index contributed by atoms with van der Waals surface area (Å²) in [4.78, 5) is 12.4. The van der Waals surface area contributed by atoms with Crippen LogP contribution in [0.2, 0.25) is 0 Å². The molecule has 0 N–H and O–H groups in total. The van der Waals surface area contributed by atoms with Crippen molar-refractivity contribution in [3.05, 3.63) is 53.1 Å². The third kappa shape index (κ3) is 2.68. The quantitative estimate of drug-likeness (QED) is 0.756. The van der Waals surface area contributed by atoms with Crippen molar-refractivity contribution in [1.82, 2.24) is 14.5 Å². The molecule has 0 aromatic carbocycles. The van der Waals surface area contributed by atoms with Crippen molar-refractivity contribution in [2.24, 2.45) is 4.99 Å². The molecular formula is C21H28N4S. The van der Waals surface area contributed by atoms with Gasteiger partial charge in [0.1, 0.15) is 6.04 Å². The summed E-state index contributed by atoms with van der Waals surface area (Å²) < 4.78 is 2.45. The lowest BCUT2D eigenvalue weighted by molar-refractivity contribution is 0.254. The smallest absolute Gasteiger partial charge is 0.160 e. The number of aliphatic imine (C=N–C) groups is 1. The van der Waals surface area contributed by atoms with Gasteiger partial charge in [-0.15, -0.1) is 0 Å². The second-order valence-corrected chi connectivity index (χ2v) is 8.61. The Bertz CT molecular complexity index is 824. The van der Waals surface area contributed by atoms with Gasteiger partial charge in [0.25, 0.3) is 0 Å². The minimum Gasteiger partial charge on any atom is -0.346 e. The number of amidine groups is 1. The molecule has 2 aliphatic rings. The van der Waals surface area contributed by atoms with Crippen LogP contribution < -0.4 is 0 Å². The standard InChI is InChI=1S/C21H28N4S/c1-6-16-12-26-21-23-19(18-9-7-8-10-22-18)20(25(16)21)17-11-14(4)24(13(2)3)15(17)5/h7-11,13,16,19-20H,6,12H2,1-5H3/t16-,19+,20-/m1/s1. The topological polar surface area (TPSA) is 33.4 Å². The van der Waals surface area contributed by atoms with E-state index in [0.717, 1.165) is 17.9 Å². The van der Waals surface area contributed by atoms with E-state index in [-0.39, 0.29) is 12.1 Å². The molecule has 0 unspecified atom stereocenters. The molecule has 0 spiro atoms. The number of thioether (sulfide) groups is 1. The van der Waals surface area contributed by atoms with E-state index in [0.29, 0.717) is 12.1 Å². The molecule has 5 heteroatoms. The number of rotatable bonds is 4. The number of hydrogen-bond acceptors (Lipinski definition) is 4. The van der Waals surface area contributed by atoms with Crippen LogP contribution >= 0.6 is 11.8 Å². The zero-order valence-electron chi connectivity index (χ0n) is 16.3. The Morgan fingerprint density at radius 2 is 2.08 bits per heavy atom. The average Bonchev–Trinajstić information content (AvgIpc) is 3.27. The Balaban J connectivity index is 1.84. The van der Waals surface area contributed by atoms with Crippen LogP contribution in [0.25, 0.3) is 0 Å². The summed E-state index contributed by atoms with van der Waals surface area (Å²) in [5, 5.41) is 1.20. The Labute approximate surface area is 160 Å². The second kappa shape index (κ2) is 6.76. The van der Waals surface area contributed by atoms with Crippen LogP contribution in [0.15, 0.2) is 35.5 Å². The molecule has 4 nitrogen and oxygen atoms in total. The molecule has 1 fully saturated rings. The highest BCUT2D eigenvalue weighted by Crippen LogP contribution is 2.49. The number of hydrogen-bond donors (Lipinski definition) is 0. The van der Waals surface area contributed by atoms with Crippen LogP contribution in [0, 0.1) is 13.8 Å². The molecule has 0 amide bonds. The van der Waals surface area contributed by atoms with Gasteiger partial charge >= 0.3 is 0 Å². The van der Waals surface area contributed by atoms with Crippen LogP contribution in [-0.2, 0) is 0 Å². The van der Waals surface area contributed by atoms with Crippen molar-refractivity contribution in [2.75, 3.05) is 5.75 Å². The number of nitrogens with zero attached hydrogens (tertiary/aromatic N) is 4. The van der Waals surface area contributed by atoms with Crippen LogP contribution in [0.4, 0.5) is 0 Å². The van der Waals surface area contributed by atoms with Crippen molar-refractivity contribution in [3.8, 4) is 0 Å². The van der Waals surface area contributed by atoms with Crippen LogP contribution in [-0.4, -0.2) is 31.4 Å². The molecule has 0 aliphatic carbocycles. The van der Waals surface area contributed by atoms with Crippen LogP contribution in [0.3, 0.4) is 0 Å². The van der Waals surface area contributed by atoms with Gasteiger partial charge in [0, 0.05) is 35.4 Å². The summed E-state index contributed by atoms with van der Waals surface area (Å²) in [5.74, 6) is 1.14. The third-order valence-corrected chi connectivity index (χ3v) is 6.81. The summed E-state index contributed by atoms with van der Waals surface area (Å²) in [6.45, 7) is 11.3. The maximum absolute atomic E-state index is 5.13. The van der Waals surface area contributed by atoms with Gasteiger partial charge in [-0.05, 0) is 57.9 Å². The van der Waals surface area contributed by atoms with Crippen LogP contribution in [0.5, 0.6) is 0 Å². The monoisotopic (exact) mass is 368 g/mol. The fraction of sp³-hybridized carbons (Fsp3) is 0.524. The van der Waals surface area contributed by atoms with Gasteiger partial charge < -0.3 is 9.47 Å². The zero-order chi connectivity index (χ0) is 18.4. The van der Waals surface area contributed by atoms with Gasteiger partial charge in [-0.3, -0.25) is 9.98 Å². The van der Waals surface area contributed by atoms with Crippen molar-refractivity contribution in [2.45, 2.75) is 65.2 Å². The Hall–Kier alpha value is -1.75. The first-order chi connectivity index (χ1) is 12.5. The number of pyridine rings is 1. The summed E-state index contributed by atoms with van der Waals surface area (Å²) in [6.07, 6.45) is 3.04. The normalized spacial score (nSPS) is 25.1. The van der Waals surface area contributed by atoms with E-state index in [1.807, 2.05) is 24.0 Å². The number of aryl methyl sites for hydroxylation is 1. The van der Waals surface area contributed by atoms with E-state index in [1.165, 1.54) is 22.1 Å². The summed E-state index contributed by atoms with van der Waals surface area (Å²) in [5.41, 5.74) is 5.18. The third-order valence-electron chi connectivity index (χ3n) is 5.69. The van der Waals surface area contributed by atoms with Gasteiger partial charge in [-0.1, -0.05) is 24.8 Å². The summed E-state index contributed by atoms with van der Waals surface area (Å²) in [6, 6.07) is 9.91. The van der Waals surface area contributed by atoms with Crippen LogP contribution in [0.1, 0.15) is 68.0 Å². The van der Waals surface area contributed by atoms with Gasteiger partial charge in [0.2, 0.25) is 0 Å². The molecule has 26 heavy (non-hydrogen) atoms. The molecular weight excluding hydrogens is 340 g/mol. The summed E-state index contributed by atoms with van der Waals surface area (Å²) in [7, 11) is 0. The fourth-order valence-corrected chi connectivity index (χ4v) is 5.92. The minimum atomic E-state index is 0.0779. The fourth-order valence-electron chi connectivity index (χ4n) is 4.58. The number of aromatic nitrogens is 2. The average molecular weight is 369 g/mol. The van der Waals surface area contributed by atoms with E-state index in [2.05, 4.69) is 67.3 Å². The predicted octanol–water partition coefficient (Wildman–Crippen LogP) is 5.06. The lowest BCUT2D eigenvalue weighted by atomic mass is 9.95. The SMILES string of the molecule is CC[C@@H]1CSC2=N[C@@H](c3ccccn3)[C@@H](c3cc(C)n(C(C)C)c3C)N21. The second-order valence-electron chi connectivity index (χ2n) is 7.63. The first kappa shape index (κ1) is 17.7. The minimum absolute atomic E-state index is 0.0779. The maximum atomic E-state index is 5.13. The van der Waals surface area contributed by atoms with E-state index in [4.69, 9.17) is 4.99 Å². The maximum Gasteiger partial charge on any atom is 0.160 e. The van der Waals surface area contributed by atoms with Crippen molar-refractivity contribution >= 4 is 16.9 Å². The van der Waals surface area contributed by atoms with E-state index in [1.54, 1.807) is 0 Å². The van der Waals surface area contributed by atoms with Gasteiger partial charge in [-0.25, -0.2) is 0 Å². The Morgan fingerprint density at radius 1 is 1.27 bits per heavy atom. The van der Waals surface area contributed by atoms with Gasteiger partial charge in [0.15, 0.2) is 5.17 Å². The zero-order valence-corrected chi connectivity index (χ0v) is 17.1. The van der Waals surface area contributed by atoms with Gasteiger partial charge in [0.05, 0.1) is 11.7 Å². The molecule has 1 saturated heterocycles. The van der Waals surface area contributed by atoms with Crippen molar-refractivity contribution < 1.29 is 0 Å². The van der Waals surface area contributed by atoms with Gasteiger partial charge in [-0.2, -0.15) is 0 Å². The van der Waals surface area contributed by atoms with Crippen molar-refractivity contribution in [1.29, 1.82) is 0 Å². The Morgan fingerprint density at radius 3 is 2.69 bits per heavy atom. The molecule has 4 heterocycles. The first-order valence-electron chi connectivity index (χ1n) is 9.61. The molecule has 0 bridgehead atoms. The molecule has 0 saturated carbocycles. The number of fused-ring (bicyclic) bond motifs is 1. The highest BCUT2D eigenvalue weighted by Gasteiger charge is 2.46. The molecule has 4 rings (SSSR count). The van der Waals surface area contributed by atoms with E-state index in [9.17, 15) is 0 Å². The molecule has 2 aromatic rings. The highest BCUT2D eigenvalue weighted by molar-refractivity contribution is 8.14. The largest absolute Gasteiger partial charge is 0.346 e. The molecule has 138 valence electrons. The predicted molar refractivity (Wildman–Crippen MR) is 110 cm³/mol. The lowest BCUT2D eigenvalue weighted by Crippen LogP contribution is -2.35. The van der Waals surface area contributed by atoms with E-state index >= 15 is 0 Å². The molecule has 0 radical (unpaired) electrons. The van der Waals surface area contributed by atoms with Crippen molar-refractivity contribution in [3.63, 3.8) is 0 Å². The van der Waals surface area contributed by atoms with E-state index < -0.39 is 0 Å². The molecule has 2 aliphatic heterocycles. The lowest BCUT2D eigenvalue weighted by Gasteiger charge is -2.32. The first-order valence-corrected chi connectivity index (χ1v) is 10.6. The Kier molecular flexibility index (Phi) is 4.59.